The number of carbonyl (C=O) groups is 1. The third-order valence-corrected chi connectivity index (χ3v) is 6.06. The number of benzene rings is 1. The van der Waals surface area contributed by atoms with E-state index in [1.807, 2.05) is 0 Å². The van der Waals surface area contributed by atoms with Gasteiger partial charge in [0, 0.05) is 19.8 Å². The molecule has 3 heterocycles. The highest BCUT2D eigenvalue weighted by Gasteiger charge is 2.36. The summed E-state index contributed by atoms with van der Waals surface area (Å²) in [6.45, 7) is 2.70. The lowest BCUT2D eigenvalue weighted by atomic mass is 10.0. The number of hydrogen-bond donors (Lipinski definition) is 2. The van der Waals surface area contributed by atoms with Crippen LogP contribution in [0.4, 0.5) is 39.3 Å². The summed E-state index contributed by atoms with van der Waals surface area (Å²) in [5.41, 5.74) is 5.31. The van der Waals surface area contributed by atoms with E-state index in [1.54, 1.807) is 13.8 Å². The van der Waals surface area contributed by atoms with Crippen molar-refractivity contribution in [1.82, 2.24) is 19.9 Å². The summed E-state index contributed by atoms with van der Waals surface area (Å²) in [7, 11) is 3.06. The first-order chi connectivity index (χ1) is 17.2. The third kappa shape index (κ3) is 5.35. The largest absolute Gasteiger partial charge is 0.416 e. The smallest absolute Gasteiger partial charge is 0.399 e. The van der Waals surface area contributed by atoms with Gasteiger partial charge in [0.1, 0.15) is 17.5 Å². The lowest BCUT2D eigenvalue weighted by molar-refractivity contribution is -0.137. The highest BCUT2D eigenvalue weighted by Crippen LogP contribution is 2.35. The number of aromatic nitrogens is 3. The van der Waals surface area contributed by atoms with Crippen molar-refractivity contribution in [1.29, 1.82) is 0 Å². The molecule has 4 rings (SSSR count). The second-order valence-corrected chi connectivity index (χ2v) is 9.24. The fourth-order valence-corrected chi connectivity index (χ4v) is 4.18. The summed E-state index contributed by atoms with van der Waals surface area (Å²) in [6.07, 6.45) is -8.01. The monoisotopic (exact) mass is 523 g/mol. The average molecular weight is 524 g/mol. The van der Waals surface area contributed by atoms with Crippen LogP contribution in [0.2, 0.25) is 0 Å². The first-order valence-electron chi connectivity index (χ1n) is 11.4. The normalized spacial score (nSPS) is 18.8. The number of pyridine rings is 1. The Morgan fingerprint density at radius 3 is 2.35 bits per heavy atom. The number of carbonyl (C=O) groups excluding carboxylic acids is 1. The molecular formula is C24H26F5N7O. The number of hydrogen-bond acceptors (Lipinski definition) is 7. The van der Waals surface area contributed by atoms with Gasteiger partial charge in [0.25, 0.3) is 5.91 Å². The lowest BCUT2D eigenvalue weighted by Crippen LogP contribution is -2.28. The molecule has 0 spiro atoms. The number of anilines is 3. The van der Waals surface area contributed by atoms with Crippen molar-refractivity contribution in [3.05, 3.63) is 46.8 Å². The standard InChI is InChI=1S/C24H26F5N7O/c1-11(13-5-14(24(27,28)29)7-15(30)6-13)31-20-16-8-17(23(37)35(3)4)22(34-21(16)33-12(2)32-20)36-9-18(25)19(26)10-36/h5-8,11,18-19H,9-10,30H2,1-4H3,(H,31,32,33,34)/t11-,18-,19+/m1/s1. The molecule has 0 bridgehead atoms. The molecule has 1 aromatic carbocycles. The van der Waals surface area contributed by atoms with Crippen LogP contribution in [-0.4, -0.2) is 65.3 Å². The molecule has 0 aliphatic carbocycles. The minimum Gasteiger partial charge on any atom is -0.399 e. The number of aryl methyl sites for hydroxylation is 1. The van der Waals surface area contributed by atoms with Crippen LogP contribution in [0, 0.1) is 6.92 Å². The molecule has 3 aromatic rings. The molecule has 0 saturated carbocycles. The predicted molar refractivity (Wildman–Crippen MR) is 130 cm³/mol. The van der Waals surface area contributed by atoms with Gasteiger partial charge in [-0.05, 0) is 43.7 Å². The molecule has 3 atom stereocenters. The Morgan fingerprint density at radius 2 is 1.76 bits per heavy atom. The van der Waals surface area contributed by atoms with Crippen LogP contribution in [0.1, 0.15) is 40.3 Å². The van der Waals surface area contributed by atoms with E-state index >= 15 is 0 Å². The molecule has 3 N–H and O–H groups in total. The molecular weight excluding hydrogens is 497 g/mol. The Kier molecular flexibility index (Phi) is 6.82. The first kappa shape index (κ1) is 26.3. The number of rotatable bonds is 5. The maximum atomic E-state index is 14.0. The number of nitrogens with one attached hydrogen (secondary N) is 1. The van der Waals surface area contributed by atoms with Gasteiger partial charge in [-0.1, -0.05) is 0 Å². The fourth-order valence-electron chi connectivity index (χ4n) is 4.18. The van der Waals surface area contributed by atoms with Gasteiger partial charge in [0.05, 0.1) is 35.6 Å². The van der Waals surface area contributed by atoms with E-state index in [2.05, 4.69) is 20.3 Å². The minimum absolute atomic E-state index is 0.0460. The van der Waals surface area contributed by atoms with Gasteiger partial charge in [-0.15, -0.1) is 0 Å². The van der Waals surface area contributed by atoms with Crippen molar-refractivity contribution in [3.8, 4) is 0 Å². The van der Waals surface area contributed by atoms with Gasteiger partial charge < -0.3 is 20.9 Å². The minimum atomic E-state index is -4.57. The molecule has 1 saturated heterocycles. The summed E-state index contributed by atoms with van der Waals surface area (Å²) < 4.78 is 67.9. The summed E-state index contributed by atoms with van der Waals surface area (Å²) in [5, 5.41) is 3.39. The van der Waals surface area contributed by atoms with Crippen LogP contribution >= 0.6 is 0 Å². The predicted octanol–water partition coefficient (Wildman–Crippen LogP) is 4.31. The van der Waals surface area contributed by atoms with Crippen LogP contribution in [0.5, 0.6) is 0 Å². The average Bonchev–Trinajstić information content (AvgIpc) is 3.14. The highest BCUT2D eigenvalue weighted by atomic mass is 19.4. The summed E-state index contributed by atoms with van der Waals surface area (Å²) in [5.74, 6) is 0.166. The van der Waals surface area contributed by atoms with E-state index in [-0.39, 0.29) is 47.2 Å². The fraction of sp³-hybridized carbons (Fsp3) is 0.417. The number of nitrogens with two attached hydrogens (primary N) is 1. The van der Waals surface area contributed by atoms with Gasteiger partial charge in [-0.3, -0.25) is 4.79 Å². The highest BCUT2D eigenvalue weighted by molar-refractivity contribution is 6.03. The molecule has 1 amide bonds. The number of alkyl halides is 5. The molecule has 1 aliphatic rings. The zero-order chi connectivity index (χ0) is 27.2. The van der Waals surface area contributed by atoms with Crippen molar-refractivity contribution in [2.24, 2.45) is 0 Å². The number of nitrogen functional groups attached to an aromatic ring is 1. The van der Waals surface area contributed by atoms with Crippen LogP contribution < -0.4 is 16.0 Å². The van der Waals surface area contributed by atoms with Crippen molar-refractivity contribution in [2.75, 3.05) is 43.1 Å². The number of fused-ring (bicyclic) bond motifs is 1. The molecule has 37 heavy (non-hydrogen) atoms. The van der Waals surface area contributed by atoms with Crippen molar-refractivity contribution >= 4 is 34.3 Å². The topological polar surface area (TPSA) is 100 Å². The molecule has 0 radical (unpaired) electrons. The molecule has 0 unspecified atom stereocenters. The summed E-state index contributed by atoms with van der Waals surface area (Å²) in [4.78, 5) is 28.9. The van der Waals surface area contributed by atoms with E-state index < -0.39 is 36.0 Å². The van der Waals surface area contributed by atoms with E-state index in [9.17, 15) is 26.7 Å². The Balaban J connectivity index is 1.81. The quantitative estimate of drug-likeness (QED) is 0.380. The maximum Gasteiger partial charge on any atom is 0.416 e. The van der Waals surface area contributed by atoms with Gasteiger partial charge in [-0.2, -0.15) is 13.2 Å². The number of halogens is 5. The molecule has 8 nitrogen and oxygen atoms in total. The molecule has 2 aromatic heterocycles. The second kappa shape index (κ2) is 9.60. The Hall–Kier alpha value is -3.77. The Labute approximate surface area is 209 Å². The van der Waals surface area contributed by atoms with Crippen LogP contribution in [0.15, 0.2) is 24.3 Å². The van der Waals surface area contributed by atoms with Crippen molar-refractivity contribution in [2.45, 2.75) is 38.4 Å². The molecule has 1 fully saturated rings. The van der Waals surface area contributed by atoms with Crippen LogP contribution in [0.25, 0.3) is 11.0 Å². The number of nitrogens with zero attached hydrogens (tertiary/aromatic N) is 5. The zero-order valence-electron chi connectivity index (χ0n) is 20.6. The molecule has 13 heteroatoms. The summed E-state index contributed by atoms with van der Waals surface area (Å²) in [6, 6.07) is 4.08. The zero-order valence-corrected chi connectivity index (χ0v) is 20.6. The Morgan fingerprint density at radius 1 is 1.11 bits per heavy atom. The SMILES string of the molecule is Cc1nc(N[C@H](C)c2cc(N)cc(C(F)(F)F)c2)c2cc(C(=O)N(C)C)c(N3C[C@@H](F)[C@@H](F)C3)nc2n1. The maximum absolute atomic E-state index is 14.0. The second-order valence-electron chi connectivity index (χ2n) is 9.24. The molecule has 1 aliphatic heterocycles. The van der Waals surface area contributed by atoms with Gasteiger partial charge >= 0.3 is 6.18 Å². The summed E-state index contributed by atoms with van der Waals surface area (Å²) >= 11 is 0. The van der Waals surface area contributed by atoms with E-state index in [4.69, 9.17) is 5.73 Å². The van der Waals surface area contributed by atoms with E-state index in [1.165, 1.54) is 36.0 Å². The van der Waals surface area contributed by atoms with E-state index in [0.717, 1.165) is 12.1 Å². The lowest BCUT2D eigenvalue weighted by Gasteiger charge is -2.23. The molecule has 198 valence electrons. The third-order valence-electron chi connectivity index (χ3n) is 6.06. The van der Waals surface area contributed by atoms with Crippen LogP contribution in [0.3, 0.4) is 0 Å². The van der Waals surface area contributed by atoms with Crippen LogP contribution in [-0.2, 0) is 6.18 Å². The van der Waals surface area contributed by atoms with Crippen molar-refractivity contribution < 1.29 is 26.7 Å². The van der Waals surface area contributed by atoms with Gasteiger partial charge in [0.15, 0.2) is 18.0 Å². The van der Waals surface area contributed by atoms with Crippen molar-refractivity contribution in [3.63, 3.8) is 0 Å². The van der Waals surface area contributed by atoms with Gasteiger partial charge in [0.2, 0.25) is 0 Å². The van der Waals surface area contributed by atoms with Gasteiger partial charge in [-0.25, -0.2) is 23.7 Å². The Bertz CT molecular complexity index is 1340. The van der Waals surface area contributed by atoms with E-state index in [0.29, 0.717) is 11.2 Å². The number of amides is 1. The first-order valence-corrected chi connectivity index (χ1v) is 11.4.